The van der Waals surface area contributed by atoms with E-state index in [0.29, 0.717) is 0 Å². The maximum atomic E-state index is 9.07. The van der Waals surface area contributed by atoms with Crippen molar-refractivity contribution < 1.29 is 9.94 Å². The van der Waals surface area contributed by atoms with Gasteiger partial charge < -0.3 is 5.11 Å². The largest absolute Gasteiger partial charge is 0.394 e. The number of hydrogen-bond acceptors (Lipinski definition) is 3. The van der Waals surface area contributed by atoms with Crippen LogP contribution in [0.25, 0.3) is 0 Å². The summed E-state index contributed by atoms with van der Waals surface area (Å²) in [5.41, 5.74) is 2.56. The summed E-state index contributed by atoms with van der Waals surface area (Å²) in [6.45, 7) is 2.20. The molecule has 0 radical (unpaired) electrons. The fourth-order valence-electron chi connectivity index (χ4n) is 2.14. The van der Waals surface area contributed by atoms with Crippen molar-refractivity contribution in [2.75, 3.05) is 13.7 Å². The van der Waals surface area contributed by atoms with Crippen LogP contribution in [0, 0.1) is 6.92 Å². The summed E-state index contributed by atoms with van der Waals surface area (Å²) in [6, 6.07) is 8.58. The van der Waals surface area contributed by atoms with Crippen LogP contribution in [0.4, 0.5) is 0 Å². The highest BCUT2D eigenvalue weighted by Gasteiger charge is 2.31. The van der Waals surface area contributed by atoms with Crippen LogP contribution in [0.1, 0.15) is 23.6 Å². The van der Waals surface area contributed by atoms with E-state index in [1.54, 1.807) is 0 Å². The first-order chi connectivity index (χ1) is 7.22. The third-order valence-electron chi connectivity index (χ3n) is 2.99. The summed E-state index contributed by atoms with van der Waals surface area (Å²) in [5.74, 6) is 0. The number of aliphatic hydroxyl groups excluding tert-OH is 1. The van der Waals surface area contributed by atoms with Crippen LogP contribution < -0.4 is 0 Å². The fourth-order valence-corrected chi connectivity index (χ4v) is 2.14. The van der Waals surface area contributed by atoms with E-state index in [0.717, 1.165) is 6.42 Å². The highest BCUT2D eigenvalue weighted by atomic mass is 16.7. The molecule has 1 N–H and O–H groups in total. The number of aryl methyl sites for hydroxylation is 1. The van der Waals surface area contributed by atoms with Crippen LogP contribution in [0.3, 0.4) is 0 Å². The highest BCUT2D eigenvalue weighted by molar-refractivity contribution is 5.29. The number of hydrogen-bond donors (Lipinski definition) is 1. The van der Waals surface area contributed by atoms with Crippen molar-refractivity contribution >= 4 is 0 Å². The standard InChI is InChI=1S/C12H17NO2/c1-9-5-3-4-6-11(9)12-7-10(8-14)15-13(12)2/h3-6,10,12,14H,7-8H2,1-2H3/t10-,12+/m0/s1. The Morgan fingerprint density at radius 1 is 1.47 bits per heavy atom. The molecule has 0 unspecified atom stereocenters. The smallest absolute Gasteiger partial charge is 0.104 e. The van der Waals surface area contributed by atoms with E-state index in [1.165, 1.54) is 11.1 Å². The van der Waals surface area contributed by atoms with Crippen LogP contribution in [-0.2, 0) is 4.84 Å². The van der Waals surface area contributed by atoms with Crippen molar-refractivity contribution in [1.29, 1.82) is 0 Å². The average molecular weight is 207 g/mol. The molecule has 2 atom stereocenters. The molecule has 1 saturated heterocycles. The Hall–Kier alpha value is -0.900. The molecule has 0 aromatic heterocycles. The molecule has 0 spiro atoms. The van der Waals surface area contributed by atoms with Crippen LogP contribution in [0.5, 0.6) is 0 Å². The molecule has 3 nitrogen and oxygen atoms in total. The minimum atomic E-state index is -0.0559. The zero-order valence-corrected chi connectivity index (χ0v) is 9.18. The second-order valence-corrected chi connectivity index (χ2v) is 4.06. The quantitative estimate of drug-likeness (QED) is 0.800. The summed E-state index contributed by atoms with van der Waals surface area (Å²) in [6.07, 6.45) is 0.803. The molecule has 1 aliphatic heterocycles. The zero-order valence-electron chi connectivity index (χ0n) is 9.18. The third kappa shape index (κ3) is 2.04. The van der Waals surface area contributed by atoms with Gasteiger partial charge in [-0.25, -0.2) is 0 Å². The number of aliphatic hydroxyl groups is 1. The lowest BCUT2D eigenvalue weighted by molar-refractivity contribution is -0.153. The number of nitrogens with zero attached hydrogens (tertiary/aromatic N) is 1. The second-order valence-electron chi connectivity index (χ2n) is 4.06. The lowest BCUT2D eigenvalue weighted by Gasteiger charge is -2.19. The van der Waals surface area contributed by atoms with E-state index in [4.69, 9.17) is 9.94 Å². The van der Waals surface area contributed by atoms with E-state index in [9.17, 15) is 0 Å². The van der Waals surface area contributed by atoms with Crippen molar-refractivity contribution in [2.45, 2.75) is 25.5 Å². The summed E-state index contributed by atoms with van der Waals surface area (Å²) in [5, 5.41) is 10.9. The Morgan fingerprint density at radius 3 is 2.80 bits per heavy atom. The summed E-state index contributed by atoms with van der Waals surface area (Å²) >= 11 is 0. The van der Waals surface area contributed by atoms with Crippen molar-refractivity contribution in [1.82, 2.24) is 5.06 Å². The van der Waals surface area contributed by atoms with Gasteiger partial charge in [0.15, 0.2) is 0 Å². The first-order valence-corrected chi connectivity index (χ1v) is 5.28. The fraction of sp³-hybridized carbons (Fsp3) is 0.500. The highest BCUT2D eigenvalue weighted by Crippen LogP contribution is 2.33. The van der Waals surface area contributed by atoms with Gasteiger partial charge in [-0.2, -0.15) is 5.06 Å². The molecule has 0 saturated carbocycles. The van der Waals surface area contributed by atoms with E-state index < -0.39 is 0 Å². The molecule has 1 aromatic carbocycles. The first kappa shape index (κ1) is 10.6. The maximum absolute atomic E-state index is 9.07. The van der Waals surface area contributed by atoms with Gasteiger partial charge in [0, 0.05) is 7.05 Å². The first-order valence-electron chi connectivity index (χ1n) is 5.28. The van der Waals surface area contributed by atoms with Gasteiger partial charge in [-0.1, -0.05) is 24.3 Å². The summed E-state index contributed by atoms with van der Waals surface area (Å²) < 4.78 is 0. The van der Waals surface area contributed by atoms with Crippen molar-refractivity contribution in [2.24, 2.45) is 0 Å². The number of hydroxylamine groups is 2. The Labute approximate surface area is 90.2 Å². The number of rotatable bonds is 2. The normalized spacial score (nSPS) is 27.1. The molecule has 1 fully saturated rings. The second kappa shape index (κ2) is 4.31. The lowest BCUT2D eigenvalue weighted by atomic mass is 9.98. The minimum Gasteiger partial charge on any atom is -0.394 e. The Kier molecular flexibility index (Phi) is 3.05. The average Bonchev–Trinajstić information content (AvgIpc) is 2.60. The molecular formula is C12H17NO2. The zero-order chi connectivity index (χ0) is 10.8. The number of benzene rings is 1. The maximum Gasteiger partial charge on any atom is 0.104 e. The van der Waals surface area contributed by atoms with Crippen molar-refractivity contribution in [3.8, 4) is 0 Å². The van der Waals surface area contributed by atoms with Gasteiger partial charge in [0.25, 0.3) is 0 Å². The monoisotopic (exact) mass is 207 g/mol. The van der Waals surface area contributed by atoms with Crippen molar-refractivity contribution in [3.05, 3.63) is 35.4 Å². The van der Waals surface area contributed by atoms with Gasteiger partial charge in [0.05, 0.1) is 12.6 Å². The summed E-state index contributed by atoms with van der Waals surface area (Å²) in [7, 11) is 1.92. The Balaban J connectivity index is 2.21. The third-order valence-corrected chi connectivity index (χ3v) is 2.99. The predicted molar refractivity (Wildman–Crippen MR) is 58.3 cm³/mol. The van der Waals surface area contributed by atoms with E-state index in [2.05, 4.69) is 19.1 Å². The molecule has 0 bridgehead atoms. The molecule has 0 amide bonds. The molecule has 2 rings (SSSR count). The van der Waals surface area contributed by atoms with Crippen LogP contribution in [-0.4, -0.2) is 29.9 Å². The molecule has 15 heavy (non-hydrogen) atoms. The Bertz CT molecular complexity index is 340. The molecule has 1 aliphatic rings. The van der Waals surface area contributed by atoms with Gasteiger partial charge in [-0.05, 0) is 24.5 Å². The van der Waals surface area contributed by atoms with Gasteiger partial charge in [-0.3, -0.25) is 4.84 Å². The molecule has 0 aliphatic carbocycles. The van der Waals surface area contributed by atoms with Gasteiger partial charge >= 0.3 is 0 Å². The minimum absolute atomic E-state index is 0.0559. The SMILES string of the molecule is Cc1ccccc1[C@H]1C[C@@H](CO)ON1C. The molecule has 1 heterocycles. The summed E-state index contributed by atoms with van der Waals surface area (Å²) in [4.78, 5) is 5.52. The van der Waals surface area contributed by atoms with E-state index in [1.807, 2.05) is 24.2 Å². The van der Waals surface area contributed by atoms with Crippen LogP contribution in [0.15, 0.2) is 24.3 Å². The van der Waals surface area contributed by atoms with E-state index >= 15 is 0 Å². The predicted octanol–water partition coefficient (Wildman–Crippen LogP) is 1.66. The Morgan fingerprint density at radius 2 is 2.20 bits per heavy atom. The van der Waals surface area contributed by atoms with Gasteiger partial charge in [-0.15, -0.1) is 0 Å². The molecule has 3 heteroatoms. The molecular weight excluding hydrogens is 190 g/mol. The van der Waals surface area contributed by atoms with Gasteiger partial charge in [0.1, 0.15) is 6.10 Å². The molecule has 82 valence electrons. The lowest BCUT2D eigenvalue weighted by Crippen LogP contribution is -2.18. The van der Waals surface area contributed by atoms with Gasteiger partial charge in [0.2, 0.25) is 0 Å². The van der Waals surface area contributed by atoms with Crippen LogP contribution >= 0.6 is 0 Å². The van der Waals surface area contributed by atoms with Crippen molar-refractivity contribution in [3.63, 3.8) is 0 Å². The molecule has 1 aromatic rings. The van der Waals surface area contributed by atoms with Crippen LogP contribution in [0.2, 0.25) is 0 Å². The van der Waals surface area contributed by atoms with E-state index in [-0.39, 0.29) is 18.8 Å². The topological polar surface area (TPSA) is 32.7 Å².